The van der Waals surface area contributed by atoms with Crippen molar-refractivity contribution in [1.29, 1.82) is 0 Å². The van der Waals surface area contributed by atoms with Crippen molar-refractivity contribution in [3.05, 3.63) is 35.7 Å². The highest BCUT2D eigenvalue weighted by Gasteiger charge is 2.37. The molecule has 132 valence electrons. The number of nitrogens with zero attached hydrogens (tertiary/aromatic N) is 3. The molecule has 1 saturated carbocycles. The standard InChI is InChI=1S/C19H24N4O2/c1-13-4-2-3-5-16(13)19-21-18(25-22-19)11-20-17(24)8-9-23-12-14-6-7-15(23)10-14/h2-5,14-15H,6-12H2,1H3,(H,20,24)/t14-,15+/m0/s1. The van der Waals surface area contributed by atoms with Crippen LogP contribution in [0.2, 0.25) is 0 Å². The molecular weight excluding hydrogens is 316 g/mol. The molecule has 2 bridgehead atoms. The molecule has 25 heavy (non-hydrogen) atoms. The maximum atomic E-state index is 12.1. The van der Waals surface area contributed by atoms with Gasteiger partial charge in [-0.25, -0.2) is 0 Å². The largest absolute Gasteiger partial charge is 0.347 e. The van der Waals surface area contributed by atoms with Crippen molar-refractivity contribution in [3.8, 4) is 11.4 Å². The summed E-state index contributed by atoms with van der Waals surface area (Å²) in [7, 11) is 0. The van der Waals surface area contributed by atoms with Crippen LogP contribution >= 0.6 is 0 Å². The number of rotatable bonds is 6. The van der Waals surface area contributed by atoms with E-state index in [0.717, 1.165) is 23.6 Å². The fourth-order valence-electron chi connectivity index (χ4n) is 4.07. The Bertz CT molecular complexity index is 757. The van der Waals surface area contributed by atoms with Crippen LogP contribution in [-0.2, 0) is 11.3 Å². The van der Waals surface area contributed by atoms with Gasteiger partial charge in [0.2, 0.25) is 17.6 Å². The van der Waals surface area contributed by atoms with Crippen LogP contribution in [0, 0.1) is 12.8 Å². The zero-order chi connectivity index (χ0) is 17.2. The normalized spacial score (nSPS) is 22.4. The molecule has 1 saturated heterocycles. The molecular formula is C19H24N4O2. The van der Waals surface area contributed by atoms with Gasteiger partial charge in [0.05, 0.1) is 6.54 Å². The van der Waals surface area contributed by atoms with Crippen LogP contribution in [0.25, 0.3) is 11.4 Å². The Kier molecular flexibility index (Phi) is 4.53. The van der Waals surface area contributed by atoms with Crippen molar-refractivity contribution in [2.45, 2.75) is 45.2 Å². The predicted molar refractivity (Wildman–Crippen MR) is 93.6 cm³/mol. The average Bonchev–Trinajstić information content (AvgIpc) is 3.35. The lowest BCUT2D eigenvalue weighted by molar-refractivity contribution is -0.121. The van der Waals surface area contributed by atoms with E-state index in [4.69, 9.17) is 4.52 Å². The highest BCUT2D eigenvalue weighted by atomic mass is 16.5. The van der Waals surface area contributed by atoms with E-state index < -0.39 is 0 Å². The second-order valence-electron chi connectivity index (χ2n) is 7.18. The van der Waals surface area contributed by atoms with Gasteiger partial charge in [0.25, 0.3) is 0 Å². The number of piperidine rings is 1. The number of likely N-dealkylation sites (tertiary alicyclic amines) is 1. The summed E-state index contributed by atoms with van der Waals surface area (Å²) in [4.78, 5) is 18.9. The summed E-state index contributed by atoms with van der Waals surface area (Å²) in [6.07, 6.45) is 4.52. The minimum absolute atomic E-state index is 0.0402. The molecule has 6 nitrogen and oxygen atoms in total. The van der Waals surface area contributed by atoms with Gasteiger partial charge in [-0.2, -0.15) is 4.98 Å². The Morgan fingerprint density at radius 3 is 3.00 bits per heavy atom. The van der Waals surface area contributed by atoms with Gasteiger partial charge >= 0.3 is 0 Å². The average molecular weight is 340 g/mol. The Morgan fingerprint density at radius 1 is 1.36 bits per heavy atom. The smallest absolute Gasteiger partial charge is 0.246 e. The predicted octanol–water partition coefficient (Wildman–Crippen LogP) is 2.54. The molecule has 1 aromatic carbocycles. The number of aromatic nitrogens is 2. The first-order valence-corrected chi connectivity index (χ1v) is 9.08. The van der Waals surface area contributed by atoms with Crippen LogP contribution < -0.4 is 5.32 Å². The van der Waals surface area contributed by atoms with Gasteiger partial charge in [0.15, 0.2) is 0 Å². The number of carbonyl (C=O) groups excluding carboxylic acids is 1. The maximum Gasteiger partial charge on any atom is 0.246 e. The van der Waals surface area contributed by atoms with Gasteiger partial charge in [-0.05, 0) is 37.7 Å². The van der Waals surface area contributed by atoms with Gasteiger partial charge < -0.3 is 9.84 Å². The summed E-state index contributed by atoms with van der Waals surface area (Å²) in [5.41, 5.74) is 2.05. The van der Waals surface area contributed by atoms with E-state index in [1.807, 2.05) is 31.2 Å². The van der Waals surface area contributed by atoms with E-state index in [1.165, 1.54) is 25.8 Å². The maximum absolute atomic E-state index is 12.1. The van der Waals surface area contributed by atoms with Crippen molar-refractivity contribution in [2.75, 3.05) is 13.1 Å². The van der Waals surface area contributed by atoms with Crippen LogP contribution in [-0.4, -0.2) is 40.1 Å². The minimum atomic E-state index is 0.0402. The summed E-state index contributed by atoms with van der Waals surface area (Å²) in [6, 6.07) is 8.62. The molecule has 4 rings (SSSR count). The second kappa shape index (κ2) is 6.96. The van der Waals surface area contributed by atoms with Gasteiger partial charge in [-0.3, -0.25) is 9.69 Å². The third kappa shape index (κ3) is 3.58. The molecule has 0 radical (unpaired) electrons. The second-order valence-corrected chi connectivity index (χ2v) is 7.18. The van der Waals surface area contributed by atoms with E-state index in [2.05, 4.69) is 20.4 Å². The molecule has 2 fully saturated rings. The van der Waals surface area contributed by atoms with Crippen LogP contribution in [0.5, 0.6) is 0 Å². The van der Waals surface area contributed by atoms with E-state index in [1.54, 1.807) is 0 Å². The number of amides is 1. The molecule has 6 heteroatoms. The van der Waals surface area contributed by atoms with Gasteiger partial charge in [-0.15, -0.1) is 0 Å². The van der Waals surface area contributed by atoms with Crippen molar-refractivity contribution in [1.82, 2.24) is 20.4 Å². The van der Waals surface area contributed by atoms with E-state index in [-0.39, 0.29) is 12.5 Å². The number of fused-ring (bicyclic) bond motifs is 2. The van der Waals surface area contributed by atoms with Gasteiger partial charge in [0.1, 0.15) is 0 Å². The number of carbonyl (C=O) groups is 1. The topological polar surface area (TPSA) is 71.3 Å². The van der Waals surface area contributed by atoms with Gasteiger partial charge in [-0.1, -0.05) is 29.4 Å². The fourth-order valence-corrected chi connectivity index (χ4v) is 4.07. The molecule has 0 spiro atoms. The first kappa shape index (κ1) is 16.3. The Labute approximate surface area is 147 Å². The lowest BCUT2D eigenvalue weighted by atomic mass is 10.1. The Morgan fingerprint density at radius 2 is 2.24 bits per heavy atom. The minimum Gasteiger partial charge on any atom is -0.347 e. The zero-order valence-electron chi connectivity index (χ0n) is 14.6. The highest BCUT2D eigenvalue weighted by molar-refractivity contribution is 5.76. The van der Waals surface area contributed by atoms with Crippen LogP contribution in [0.4, 0.5) is 0 Å². The van der Waals surface area contributed by atoms with Crippen LogP contribution in [0.1, 0.15) is 37.1 Å². The molecule has 1 N–H and O–H groups in total. The van der Waals surface area contributed by atoms with E-state index in [9.17, 15) is 4.79 Å². The third-order valence-electron chi connectivity index (χ3n) is 5.44. The van der Waals surface area contributed by atoms with Gasteiger partial charge in [0, 0.05) is 31.1 Å². The number of aryl methyl sites for hydroxylation is 1. The first-order valence-electron chi connectivity index (χ1n) is 9.08. The molecule has 1 aliphatic carbocycles. The molecule has 2 aliphatic rings. The zero-order valence-corrected chi connectivity index (χ0v) is 14.6. The van der Waals surface area contributed by atoms with Crippen molar-refractivity contribution < 1.29 is 9.32 Å². The SMILES string of the molecule is Cc1ccccc1-c1noc(CNC(=O)CCN2C[C@H]3CC[C@@H]2C3)n1. The van der Waals surface area contributed by atoms with Crippen molar-refractivity contribution in [3.63, 3.8) is 0 Å². The van der Waals surface area contributed by atoms with Crippen molar-refractivity contribution >= 4 is 5.91 Å². The number of nitrogens with one attached hydrogen (secondary N) is 1. The van der Waals surface area contributed by atoms with Crippen molar-refractivity contribution in [2.24, 2.45) is 5.92 Å². The molecule has 2 heterocycles. The van der Waals surface area contributed by atoms with E-state index in [0.29, 0.717) is 24.2 Å². The molecule has 2 atom stereocenters. The fraction of sp³-hybridized carbons (Fsp3) is 0.526. The Balaban J connectivity index is 1.26. The highest BCUT2D eigenvalue weighted by Crippen LogP contribution is 2.37. The molecule has 0 unspecified atom stereocenters. The number of benzene rings is 1. The summed E-state index contributed by atoms with van der Waals surface area (Å²) >= 11 is 0. The molecule has 1 aliphatic heterocycles. The lowest BCUT2D eigenvalue weighted by Crippen LogP contribution is -2.35. The van der Waals surface area contributed by atoms with E-state index >= 15 is 0 Å². The van der Waals surface area contributed by atoms with Crippen LogP contribution in [0.3, 0.4) is 0 Å². The third-order valence-corrected chi connectivity index (χ3v) is 5.44. The molecule has 1 amide bonds. The summed E-state index contributed by atoms with van der Waals surface area (Å²) in [5, 5.41) is 6.90. The monoisotopic (exact) mass is 340 g/mol. The summed E-state index contributed by atoms with van der Waals surface area (Å²) < 4.78 is 5.26. The quantitative estimate of drug-likeness (QED) is 0.875. The van der Waals surface area contributed by atoms with Crippen LogP contribution in [0.15, 0.2) is 28.8 Å². The Hall–Kier alpha value is -2.21. The number of hydrogen-bond acceptors (Lipinski definition) is 5. The number of hydrogen-bond donors (Lipinski definition) is 1. The molecule has 1 aromatic heterocycles. The molecule has 2 aromatic rings. The summed E-state index contributed by atoms with van der Waals surface area (Å²) in [5.74, 6) is 1.91. The summed E-state index contributed by atoms with van der Waals surface area (Å²) in [6.45, 7) is 4.31. The first-order chi connectivity index (χ1) is 12.2. The lowest BCUT2D eigenvalue weighted by Gasteiger charge is -2.26.